The molecule has 0 aromatic rings. The number of carbonyl (C=O) groups is 1. The van der Waals surface area contributed by atoms with Gasteiger partial charge in [-0.15, -0.1) is 0 Å². The summed E-state index contributed by atoms with van der Waals surface area (Å²) in [4.78, 5) is 11.8. The van der Waals surface area contributed by atoms with Crippen LogP contribution >= 0.6 is 0 Å². The second-order valence-corrected chi connectivity index (χ2v) is 4.36. The van der Waals surface area contributed by atoms with Gasteiger partial charge in [0.1, 0.15) is 0 Å². The molecule has 1 amide bonds. The van der Waals surface area contributed by atoms with Gasteiger partial charge in [-0.1, -0.05) is 0 Å². The number of carbonyl (C=O) groups excluding carboxylic acids is 1. The molecule has 3 N–H and O–H groups in total. The van der Waals surface area contributed by atoms with Crippen LogP contribution in [-0.2, 0) is 9.53 Å². The molecule has 2 aliphatic heterocycles. The Balaban J connectivity index is 1.87. The molecule has 0 radical (unpaired) electrons. The van der Waals surface area contributed by atoms with E-state index in [4.69, 9.17) is 10.5 Å². The average Bonchev–Trinajstić information content (AvgIpc) is 2.78. The first-order chi connectivity index (χ1) is 6.70. The molecular weight excluding hydrogens is 180 g/mol. The molecule has 4 nitrogen and oxygen atoms in total. The Morgan fingerprint density at radius 1 is 1.64 bits per heavy atom. The quantitative estimate of drug-likeness (QED) is 0.672. The molecule has 4 atom stereocenters. The zero-order valence-electron chi connectivity index (χ0n) is 8.53. The molecule has 80 valence electrons. The first-order valence-electron chi connectivity index (χ1n) is 5.36. The Labute approximate surface area is 84.2 Å². The highest BCUT2D eigenvalue weighted by molar-refractivity contribution is 5.80. The van der Waals surface area contributed by atoms with Gasteiger partial charge in [0, 0.05) is 12.6 Å². The van der Waals surface area contributed by atoms with Crippen molar-refractivity contribution < 1.29 is 9.53 Å². The van der Waals surface area contributed by atoms with Crippen molar-refractivity contribution in [3.8, 4) is 0 Å². The third kappa shape index (κ3) is 1.77. The lowest BCUT2D eigenvalue weighted by molar-refractivity contribution is -0.127. The number of ether oxygens (including phenoxy) is 1. The third-order valence-corrected chi connectivity index (χ3v) is 3.18. The van der Waals surface area contributed by atoms with Gasteiger partial charge in [-0.2, -0.15) is 0 Å². The molecule has 2 aliphatic rings. The maximum atomic E-state index is 11.8. The number of nitrogens with two attached hydrogens (primary N) is 1. The van der Waals surface area contributed by atoms with Gasteiger partial charge in [0.15, 0.2) is 0 Å². The lowest BCUT2D eigenvalue weighted by Crippen LogP contribution is -2.43. The molecule has 0 aliphatic carbocycles. The van der Waals surface area contributed by atoms with E-state index in [1.54, 1.807) is 0 Å². The van der Waals surface area contributed by atoms with Crippen molar-refractivity contribution in [1.29, 1.82) is 0 Å². The number of rotatable bonds is 3. The van der Waals surface area contributed by atoms with Gasteiger partial charge in [-0.25, -0.2) is 0 Å². The standard InChI is InChI=1S/C10H18N2O2/c1-6(5-11)12-10(13)8-4-7-2-3-9(8)14-7/h6-9H,2-5,11H2,1H3,(H,12,13)/t6-,7?,8?,9?/m1/s1. The topological polar surface area (TPSA) is 64.3 Å². The smallest absolute Gasteiger partial charge is 0.226 e. The maximum Gasteiger partial charge on any atom is 0.226 e. The summed E-state index contributed by atoms with van der Waals surface area (Å²) in [5, 5.41) is 2.91. The van der Waals surface area contributed by atoms with Crippen molar-refractivity contribution >= 4 is 5.91 Å². The summed E-state index contributed by atoms with van der Waals surface area (Å²) < 4.78 is 5.63. The zero-order chi connectivity index (χ0) is 10.1. The number of nitrogens with one attached hydrogen (secondary N) is 1. The van der Waals surface area contributed by atoms with Crippen molar-refractivity contribution in [3.63, 3.8) is 0 Å². The van der Waals surface area contributed by atoms with Crippen LogP contribution in [0.25, 0.3) is 0 Å². The van der Waals surface area contributed by atoms with Crippen molar-refractivity contribution in [2.45, 2.75) is 44.4 Å². The van der Waals surface area contributed by atoms with Gasteiger partial charge in [-0.05, 0) is 26.2 Å². The first-order valence-corrected chi connectivity index (χ1v) is 5.36. The Kier molecular flexibility index (Phi) is 2.74. The maximum absolute atomic E-state index is 11.8. The van der Waals surface area contributed by atoms with Gasteiger partial charge < -0.3 is 15.8 Å². The molecule has 0 aromatic heterocycles. The summed E-state index contributed by atoms with van der Waals surface area (Å²) in [5.74, 6) is 0.193. The molecule has 14 heavy (non-hydrogen) atoms. The lowest BCUT2D eigenvalue weighted by atomic mass is 9.88. The van der Waals surface area contributed by atoms with E-state index in [9.17, 15) is 4.79 Å². The second-order valence-electron chi connectivity index (χ2n) is 4.36. The van der Waals surface area contributed by atoms with Gasteiger partial charge >= 0.3 is 0 Å². The van der Waals surface area contributed by atoms with Crippen LogP contribution in [0.5, 0.6) is 0 Å². The second kappa shape index (κ2) is 3.87. The fourth-order valence-corrected chi connectivity index (χ4v) is 2.32. The molecule has 2 fully saturated rings. The van der Waals surface area contributed by atoms with E-state index < -0.39 is 0 Å². The van der Waals surface area contributed by atoms with Crippen LogP contribution in [0.1, 0.15) is 26.2 Å². The predicted octanol–water partition coefficient (Wildman–Crippen LogP) is 0.0173. The van der Waals surface area contributed by atoms with Crippen LogP contribution < -0.4 is 11.1 Å². The van der Waals surface area contributed by atoms with E-state index in [-0.39, 0.29) is 24.0 Å². The van der Waals surface area contributed by atoms with E-state index in [0.29, 0.717) is 12.6 Å². The van der Waals surface area contributed by atoms with Gasteiger partial charge in [0.05, 0.1) is 18.1 Å². The summed E-state index contributed by atoms with van der Waals surface area (Å²) in [5.41, 5.74) is 5.45. The summed E-state index contributed by atoms with van der Waals surface area (Å²) >= 11 is 0. The third-order valence-electron chi connectivity index (χ3n) is 3.18. The Bertz CT molecular complexity index is 232. The van der Waals surface area contributed by atoms with Crippen LogP contribution in [0.4, 0.5) is 0 Å². The minimum absolute atomic E-state index is 0.0710. The van der Waals surface area contributed by atoms with Crippen LogP contribution in [0.15, 0.2) is 0 Å². The average molecular weight is 198 g/mol. The van der Waals surface area contributed by atoms with Gasteiger partial charge in [-0.3, -0.25) is 4.79 Å². The van der Waals surface area contributed by atoms with E-state index in [1.165, 1.54) is 0 Å². The van der Waals surface area contributed by atoms with Crippen LogP contribution in [0.3, 0.4) is 0 Å². The SMILES string of the molecule is C[C@H](CN)NC(=O)C1CC2CCC1O2. The monoisotopic (exact) mass is 198 g/mol. The molecule has 2 saturated heterocycles. The molecular formula is C10H18N2O2. The highest BCUT2D eigenvalue weighted by Crippen LogP contribution is 2.38. The Hall–Kier alpha value is -0.610. The molecule has 2 heterocycles. The van der Waals surface area contributed by atoms with Crippen molar-refractivity contribution in [1.82, 2.24) is 5.32 Å². The summed E-state index contributed by atoms with van der Waals surface area (Å²) in [6, 6.07) is 0.0710. The van der Waals surface area contributed by atoms with Crippen LogP contribution in [-0.4, -0.2) is 30.7 Å². The minimum Gasteiger partial charge on any atom is -0.374 e. The molecule has 2 bridgehead atoms. The number of fused-ring (bicyclic) bond motifs is 2. The number of amides is 1. The lowest BCUT2D eigenvalue weighted by Gasteiger charge is -2.20. The van der Waals surface area contributed by atoms with E-state index >= 15 is 0 Å². The normalized spacial score (nSPS) is 37.1. The fraction of sp³-hybridized carbons (Fsp3) is 0.900. The van der Waals surface area contributed by atoms with Crippen LogP contribution in [0, 0.1) is 5.92 Å². The number of hydrogen-bond donors (Lipinski definition) is 2. The van der Waals surface area contributed by atoms with Crippen molar-refractivity contribution in [2.75, 3.05) is 6.54 Å². The highest BCUT2D eigenvalue weighted by Gasteiger charge is 2.44. The van der Waals surface area contributed by atoms with Gasteiger partial charge in [0.25, 0.3) is 0 Å². The fourth-order valence-electron chi connectivity index (χ4n) is 2.32. The minimum atomic E-state index is 0.0710. The van der Waals surface area contributed by atoms with E-state index in [2.05, 4.69) is 5.32 Å². The summed E-state index contributed by atoms with van der Waals surface area (Å²) in [6.07, 6.45) is 3.57. The molecule has 0 saturated carbocycles. The van der Waals surface area contributed by atoms with Crippen molar-refractivity contribution in [3.05, 3.63) is 0 Å². The summed E-state index contributed by atoms with van der Waals surface area (Å²) in [7, 11) is 0. The van der Waals surface area contributed by atoms with Crippen LogP contribution in [0.2, 0.25) is 0 Å². The Morgan fingerprint density at radius 3 is 2.93 bits per heavy atom. The molecule has 4 heteroatoms. The largest absolute Gasteiger partial charge is 0.374 e. The first kappa shape index (κ1) is 9.93. The molecule has 2 rings (SSSR count). The number of hydrogen-bond acceptors (Lipinski definition) is 3. The Morgan fingerprint density at radius 2 is 2.43 bits per heavy atom. The molecule has 3 unspecified atom stereocenters. The zero-order valence-corrected chi connectivity index (χ0v) is 8.53. The van der Waals surface area contributed by atoms with E-state index in [0.717, 1.165) is 19.3 Å². The molecule has 0 aromatic carbocycles. The molecule has 0 spiro atoms. The highest BCUT2D eigenvalue weighted by atomic mass is 16.5. The van der Waals surface area contributed by atoms with E-state index in [1.807, 2.05) is 6.92 Å². The summed E-state index contributed by atoms with van der Waals surface area (Å²) in [6.45, 7) is 2.42. The predicted molar refractivity (Wildman–Crippen MR) is 52.7 cm³/mol. The van der Waals surface area contributed by atoms with Crippen molar-refractivity contribution in [2.24, 2.45) is 11.7 Å². The van der Waals surface area contributed by atoms with Gasteiger partial charge in [0.2, 0.25) is 5.91 Å².